The van der Waals surface area contributed by atoms with Crippen LogP contribution in [0.3, 0.4) is 0 Å². The standard InChI is InChI=1S/C17H12N4OS/c18-9-11-13(12-7-4-8-23-12)14-15(10-5-2-1-3-6-10)20-21-17(14)22-16(11)19/h1-8,11,13,19H,(H,20,21). The number of H-pyrrole nitrogens is 1. The average molecular weight is 320 g/mol. The molecule has 0 fully saturated rings. The number of nitrogens with zero attached hydrogens (tertiary/aromatic N) is 2. The van der Waals surface area contributed by atoms with Gasteiger partial charge in [0, 0.05) is 4.88 Å². The van der Waals surface area contributed by atoms with Crippen molar-refractivity contribution in [3.05, 3.63) is 58.3 Å². The van der Waals surface area contributed by atoms with Crippen molar-refractivity contribution in [2.45, 2.75) is 5.92 Å². The Morgan fingerprint density at radius 1 is 1.22 bits per heavy atom. The number of fused-ring (bicyclic) bond motifs is 1. The summed E-state index contributed by atoms with van der Waals surface area (Å²) in [5.74, 6) is -0.560. The minimum atomic E-state index is -0.652. The molecule has 3 aromatic rings. The van der Waals surface area contributed by atoms with Crippen molar-refractivity contribution in [2.24, 2.45) is 5.92 Å². The van der Waals surface area contributed by atoms with Crippen molar-refractivity contribution in [3.8, 4) is 23.2 Å². The van der Waals surface area contributed by atoms with E-state index in [2.05, 4.69) is 16.3 Å². The van der Waals surface area contributed by atoms with Gasteiger partial charge in [-0.2, -0.15) is 5.26 Å². The highest BCUT2D eigenvalue weighted by Crippen LogP contribution is 2.46. The van der Waals surface area contributed by atoms with Crippen LogP contribution in [-0.2, 0) is 0 Å². The van der Waals surface area contributed by atoms with E-state index in [0.29, 0.717) is 5.88 Å². The molecule has 0 spiro atoms. The summed E-state index contributed by atoms with van der Waals surface area (Å²) >= 11 is 1.58. The Bertz CT molecular complexity index is 893. The van der Waals surface area contributed by atoms with Gasteiger partial charge in [0.15, 0.2) is 0 Å². The number of hydrogen-bond donors (Lipinski definition) is 2. The molecular formula is C17H12N4OS. The SMILES string of the molecule is N#CC1C(=N)Oc2n[nH]c(-c3ccccc3)c2C1c1cccs1. The number of nitriles is 1. The number of rotatable bonds is 2. The van der Waals surface area contributed by atoms with Gasteiger partial charge >= 0.3 is 0 Å². The second-order valence-electron chi connectivity index (χ2n) is 5.25. The van der Waals surface area contributed by atoms with Crippen molar-refractivity contribution in [2.75, 3.05) is 0 Å². The van der Waals surface area contributed by atoms with Crippen LogP contribution in [0, 0.1) is 22.7 Å². The maximum Gasteiger partial charge on any atom is 0.244 e. The van der Waals surface area contributed by atoms with Gasteiger partial charge in [0.2, 0.25) is 11.8 Å². The lowest BCUT2D eigenvalue weighted by Crippen LogP contribution is -2.30. The van der Waals surface area contributed by atoms with Crippen LogP contribution < -0.4 is 4.74 Å². The van der Waals surface area contributed by atoms with E-state index >= 15 is 0 Å². The van der Waals surface area contributed by atoms with Gasteiger partial charge in [-0.25, -0.2) is 0 Å². The van der Waals surface area contributed by atoms with Gasteiger partial charge in [-0.15, -0.1) is 16.4 Å². The third-order valence-electron chi connectivity index (χ3n) is 3.95. The zero-order chi connectivity index (χ0) is 15.8. The van der Waals surface area contributed by atoms with Crippen molar-refractivity contribution in [1.82, 2.24) is 10.2 Å². The number of ether oxygens (including phenoxy) is 1. The summed E-state index contributed by atoms with van der Waals surface area (Å²) in [5.41, 5.74) is 2.67. The largest absolute Gasteiger partial charge is 0.422 e. The van der Waals surface area contributed by atoms with Gasteiger partial charge in [-0.3, -0.25) is 10.5 Å². The third-order valence-corrected chi connectivity index (χ3v) is 4.91. The molecule has 1 aromatic carbocycles. The molecule has 0 saturated carbocycles. The summed E-state index contributed by atoms with van der Waals surface area (Å²) in [7, 11) is 0. The fourth-order valence-electron chi connectivity index (χ4n) is 2.92. The first-order chi connectivity index (χ1) is 11.3. The van der Waals surface area contributed by atoms with Crippen molar-refractivity contribution < 1.29 is 4.74 Å². The summed E-state index contributed by atoms with van der Waals surface area (Å²) in [4.78, 5) is 1.03. The van der Waals surface area contributed by atoms with E-state index in [9.17, 15) is 5.26 Å². The van der Waals surface area contributed by atoms with E-state index in [-0.39, 0.29) is 11.8 Å². The van der Waals surface area contributed by atoms with E-state index in [4.69, 9.17) is 10.1 Å². The molecule has 2 unspecified atom stereocenters. The van der Waals surface area contributed by atoms with E-state index in [1.165, 1.54) is 0 Å². The smallest absolute Gasteiger partial charge is 0.244 e. The zero-order valence-corrected chi connectivity index (χ0v) is 12.8. The molecule has 1 aliphatic heterocycles. The Hall–Kier alpha value is -2.91. The summed E-state index contributed by atoms with van der Waals surface area (Å²) in [6, 6.07) is 16.0. The molecule has 1 aliphatic rings. The van der Waals surface area contributed by atoms with Crippen LogP contribution in [0.5, 0.6) is 5.88 Å². The summed E-state index contributed by atoms with van der Waals surface area (Å²) in [6.45, 7) is 0. The fraction of sp³-hybridized carbons (Fsp3) is 0.118. The van der Waals surface area contributed by atoms with Crippen LogP contribution in [-0.4, -0.2) is 16.1 Å². The minimum Gasteiger partial charge on any atom is -0.422 e. The number of aromatic amines is 1. The first-order valence-electron chi connectivity index (χ1n) is 7.12. The summed E-state index contributed by atoms with van der Waals surface area (Å²) in [6.07, 6.45) is 0. The fourth-order valence-corrected chi connectivity index (χ4v) is 3.79. The van der Waals surface area contributed by atoms with Gasteiger partial charge in [0.05, 0.1) is 23.2 Å². The summed E-state index contributed by atoms with van der Waals surface area (Å²) in [5, 5.41) is 26.8. The van der Waals surface area contributed by atoms with Gasteiger partial charge in [-0.1, -0.05) is 36.4 Å². The molecule has 0 bridgehead atoms. The highest BCUT2D eigenvalue weighted by molar-refractivity contribution is 7.10. The van der Waals surface area contributed by atoms with Gasteiger partial charge in [0.25, 0.3) is 0 Å². The topological polar surface area (TPSA) is 85.6 Å². The normalized spacial score (nSPS) is 19.7. The average Bonchev–Trinajstić information content (AvgIpc) is 3.24. The van der Waals surface area contributed by atoms with E-state index in [0.717, 1.165) is 21.7 Å². The van der Waals surface area contributed by atoms with E-state index < -0.39 is 5.92 Å². The molecule has 2 aromatic heterocycles. The Morgan fingerprint density at radius 2 is 2.04 bits per heavy atom. The van der Waals surface area contributed by atoms with Crippen molar-refractivity contribution in [3.63, 3.8) is 0 Å². The third kappa shape index (κ3) is 2.14. The molecular weight excluding hydrogens is 308 g/mol. The van der Waals surface area contributed by atoms with Gasteiger partial charge in [-0.05, 0) is 17.0 Å². The molecule has 0 aliphatic carbocycles. The molecule has 0 saturated heterocycles. The number of thiophene rings is 1. The lowest BCUT2D eigenvalue weighted by molar-refractivity contribution is 0.439. The Kier molecular flexibility index (Phi) is 3.21. The maximum absolute atomic E-state index is 9.56. The molecule has 112 valence electrons. The van der Waals surface area contributed by atoms with Crippen LogP contribution in [0.1, 0.15) is 16.4 Å². The first kappa shape index (κ1) is 13.7. The predicted octanol–water partition coefficient (Wildman–Crippen LogP) is 3.78. The summed E-state index contributed by atoms with van der Waals surface area (Å²) < 4.78 is 5.49. The highest BCUT2D eigenvalue weighted by atomic mass is 32.1. The van der Waals surface area contributed by atoms with Crippen LogP contribution >= 0.6 is 11.3 Å². The monoisotopic (exact) mass is 320 g/mol. The number of aromatic nitrogens is 2. The van der Waals surface area contributed by atoms with Crippen LogP contribution in [0.4, 0.5) is 0 Å². The second kappa shape index (κ2) is 5.38. The lowest BCUT2D eigenvalue weighted by Gasteiger charge is -2.27. The lowest BCUT2D eigenvalue weighted by atomic mass is 9.82. The van der Waals surface area contributed by atoms with Gasteiger partial charge in [0.1, 0.15) is 5.92 Å². The first-order valence-corrected chi connectivity index (χ1v) is 8.00. The Morgan fingerprint density at radius 3 is 2.74 bits per heavy atom. The Balaban J connectivity index is 1.95. The maximum atomic E-state index is 9.56. The van der Waals surface area contributed by atoms with Crippen LogP contribution in [0.25, 0.3) is 11.3 Å². The molecule has 5 nitrogen and oxygen atoms in total. The zero-order valence-electron chi connectivity index (χ0n) is 12.0. The molecule has 0 amide bonds. The van der Waals surface area contributed by atoms with Crippen molar-refractivity contribution >= 4 is 17.2 Å². The molecule has 3 heterocycles. The minimum absolute atomic E-state index is 0.0514. The predicted molar refractivity (Wildman–Crippen MR) is 87.6 cm³/mol. The molecule has 0 radical (unpaired) electrons. The van der Waals surface area contributed by atoms with Crippen molar-refractivity contribution in [1.29, 1.82) is 10.7 Å². The Labute approximate surface area is 136 Å². The van der Waals surface area contributed by atoms with Gasteiger partial charge < -0.3 is 4.74 Å². The van der Waals surface area contributed by atoms with E-state index in [1.54, 1.807) is 11.3 Å². The molecule has 2 N–H and O–H groups in total. The van der Waals surface area contributed by atoms with Crippen LogP contribution in [0.2, 0.25) is 0 Å². The van der Waals surface area contributed by atoms with Crippen LogP contribution in [0.15, 0.2) is 47.8 Å². The quantitative estimate of drug-likeness (QED) is 0.753. The number of benzene rings is 1. The number of hydrogen-bond acceptors (Lipinski definition) is 5. The second-order valence-corrected chi connectivity index (χ2v) is 6.23. The number of nitrogens with one attached hydrogen (secondary N) is 2. The molecule has 2 atom stereocenters. The molecule has 23 heavy (non-hydrogen) atoms. The van der Waals surface area contributed by atoms with E-state index in [1.807, 2.05) is 47.8 Å². The highest BCUT2D eigenvalue weighted by Gasteiger charge is 2.41. The molecule has 4 rings (SSSR count). The molecule has 6 heteroatoms.